The summed E-state index contributed by atoms with van der Waals surface area (Å²) in [6.07, 6.45) is 3.18. The Morgan fingerprint density at radius 3 is 3.05 bits per heavy atom. The van der Waals surface area contributed by atoms with E-state index in [1.807, 2.05) is 24.3 Å². The lowest BCUT2D eigenvalue weighted by molar-refractivity contribution is -0.122. The molecule has 1 aromatic carbocycles. The van der Waals surface area contributed by atoms with Crippen LogP contribution in [0.4, 0.5) is 5.82 Å². The molecule has 2 aromatic rings. The highest BCUT2D eigenvalue weighted by Gasteiger charge is 2.18. The molecule has 1 fully saturated rings. The zero-order valence-electron chi connectivity index (χ0n) is 11.3. The smallest absolute Gasteiger partial charge is 0.220 e. The van der Waals surface area contributed by atoms with Gasteiger partial charge >= 0.3 is 0 Å². The number of amides is 1. The molecular formula is C15H17N3O2. The molecule has 1 atom stereocenters. The second-order valence-corrected chi connectivity index (χ2v) is 4.93. The number of carbonyl (C=O) groups excluding carboxylic acids is 1. The number of ether oxygens (including phenoxy) is 1. The van der Waals surface area contributed by atoms with E-state index >= 15 is 0 Å². The Hall–Kier alpha value is -2.30. The van der Waals surface area contributed by atoms with Gasteiger partial charge in [0.1, 0.15) is 11.6 Å². The summed E-state index contributed by atoms with van der Waals surface area (Å²) in [4.78, 5) is 15.6. The van der Waals surface area contributed by atoms with Gasteiger partial charge in [0.2, 0.25) is 5.91 Å². The van der Waals surface area contributed by atoms with E-state index in [1.165, 1.54) is 0 Å². The Balaban J connectivity index is 1.88. The number of benzene rings is 1. The number of anilines is 1. The van der Waals surface area contributed by atoms with E-state index in [-0.39, 0.29) is 11.9 Å². The zero-order chi connectivity index (χ0) is 13.9. The van der Waals surface area contributed by atoms with Gasteiger partial charge in [0.05, 0.1) is 7.11 Å². The lowest BCUT2D eigenvalue weighted by Gasteiger charge is -2.24. The number of pyridine rings is 1. The van der Waals surface area contributed by atoms with Crippen LogP contribution < -0.4 is 15.4 Å². The van der Waals surface area contributed by atoms with Crippen LogP contribution >= 0.6 is 0 Å². The molecule has 0 bridgehead atoms. The molecule has 3 rings (SSSR count). The van der Waals surface area contributed by atoms with Crippen molar-refractivity contribution in [2.24, 2.45) is 0 Å². The van der Waals surface area contributed by atoms with Crippen molar-refractivity contribution in [2.75, 3.05) is 19.0 Å². The van der Waals surface area contributed by atoms with Gasteiger partial charge < -0.3 is 15.4 Å². The monoisotopic (exact) mass is 271 g/mol. The first-order chi connectivity index (χ1) is 9.76. The third-order valence-electron chi connectivity index (χ3n) is 3.58. The average molecular weight is 271 g/mol. The highest BCUT2D eigenvalue weighted by Crippen LogP contribution is 2.26. The summed E-state index contributed by atoms with van der Waals surface area (Å²) in [6, 6.07) is 8.13. The number of piperidine rings is 1. The Labute approximate surface area is 117 Å². The molecule has 5 heteroatoms. The summed E-state index contributed by atoms with van der Waals surface area (Å²) in [5.41, 5.74) is 0. The van der Waals surface area contributed by atoms with Gasteiger partial charge in [0, 0.05) is 30.6 Å². The first kappa shape index (κ1) is 12.7. The van der Waals surface area contributed by atoms with E-state index in [2.05, 4.69) is 15.6 Å². The first-order valence-corrected chi connectivity index (χ1v) is 6.72. The van der Waals surface area contributed by atoms with E-state index in [9.17, 15) is 4.79 Å². The second-order valence-electron chi connectivity index (χ2n) is 4.93. The van der Waals surface area contributed by atoms with Crippen molar-refractivity contribution in [1.82, 2.24) is 10.3 Å². The fraction of sp³-hybridized carbons (Fsp3) is 0.333. The Morgan fingerprint density at radius 1 is 1.40 bits per heavy atom. The van der Waals surface area contributed by atoms with Crippen molar-refractivity contribution < 1.29 is 9.53 Å². The molecule has 0 saturated carbocycles. The molecular weight excluding hydrogens is 254 g/mol. The second kappa shape index (κ2) is 5.36. The van der Waals surface area contributed by atoms with Crippen LogP contribution in [0.1, 0.15) is 12.8 Å². The summed E-state index contributed by atoms with van der Waals surface area (Å²) in [6.45, 7) is 0.640. The van der Waals surface area contributed by atoms with Crippen molar-refractivity contribution >= 4 is 22.5 Å². The van der Waals surface area contributed by atoms with Gasteiger partial charge in [-0.15, -0.1) is 0 Å². The normalized spacial score (nSPS) is 18.6. The third-order valence-corrected chi connectivity index (χ3v) is 3.58. The molecule has 104 valence electrons. The molecule has 1 unspecified atom stereocenters. The summed E-state index contributed by atoms with van der Waals surface area (Å²) in [5.74, 6) is 1.77. The fourth-order valence-corrected chi connectivity index (χ4v) is 2.44. The summed E-state index contributed by atoms with van der Waals surface area (Å²) < 4.78 is 5.27. The number of rotatable bonds is 3. The maximum atomic E-state index is 11.2. The number of hydrogen-bond acceptors (Lipinski definition) is 4. The fourth-order valence-electron chi connectivity index (χ4n) is 2.44. The van der Waals surface area contributed by atoms with E-state index in [0.29, 0.717) is 13.0 Å². The van der Waals surface area contributed by atoms with Gasteiger partial charge in [-0.25, -0.2) is 4.98 Å². The number of fused-ring (bicyclic) bond motifs is 1. The van der Waals surface area contributed by atoms with Crippen molar-refractivity contribution in [3.8, 4) is 5.75 Å². The number of hydrogen-bond donors (Lipinski definition) is 2. The van der Waals surface area contributed by atoms with Crippen molar-refractivity contribution in [1.29, 1.82) is 0 Å². The molecule has 2 N–H and O–H groups in total. The Bertz CT molecular complexity index is 632. The quantitative estimate of drug-likeness (QED) is 0.895. The minimum atomic E-state index is 0.121. The van der Waals surface area contributed by atoms with Crippen LogP contribution in [0.2, 0.25) is 0 Å². The van der Waals surface area contributed by atoms with Crippen molar-refractivity contribution in [3.63, 3.8) is 0 Å². The van der Waals surface area contributed by atoms with Crippen LogP contribution in [0.15, 0.2) is 30.5 Å². The van der Waals surface area contributed by atoms with Gasteiger partial charge in [-0.3, -0.25) is 4.79 Å². The predicted molar refractivity (Wildman–Crippen MR) is 77.9 cm³/mol. The number of nitrogens with one attached hydrogen (secondary N) is 2. The Morgan fingerprint density at radius 2 is 2.30 bits per heavy atom. The van der Waals surface area contributed by atoms with E-state index < -0.39 is 0 Å². The van der Waals surface area contributed by atoms with Crippen molar-refractivity contribution in [3.05, 3.63) is 30.5 Å². The van der Waals surface area contributed by atoms with Gasteiger partial charge in [0.25, 0.3) is 0 Å². The van der Waals surface area contributed by atoms with Gasteiger partial charge in [-0.05, 0) is 30.0 Å². The molecule has 1 saturated heterocycles. The van der Waals surface area contributed by atoms with Crippen LogP contribution in [0.3, 0.4) is 0 Å². The maximum Gasteiger partial charge on any atom is 0.220 e. The predicted octanol–water partition coefficient (Wildman–Crippen LogP) is 1.93. The minimum Gasteiger partial charge on any atom is -0.497 e. The molecule has 1 aliphatic heterocycles. The molecule has 1 aromatic heterocycles. The van der Waals surface area contributed by atoms with Gasteiger partial charge in [-0.1, -0.05) is 6.07 Å². The molecule has 20 heavy (non-hydrogen) atoms. The van der Waals surface area contributed by atoms with E-state index in [4.69, 9.17) is 4.74 Å². The largest absolute Gasteiger partial charge is 0.497 e. The Kier molecular flexibility index (Phi) is 3.41. The number of carbonyl (C=O) groups is 1. The lowest BCUT2D eigenvalue weighted by Crippen LogP contribution is -2.42. The first-order valence-electron chi connectivity index (χ1n) is 6.72. The molecule has 1 aliphatic rings. The molecule has 5 nitrogen and oxygen atoms in total. The summed E-state index contributed by atoms with van der Waals surface area (Å²) >= 11 is 0. The standard InChI is InChI=1S/C15H17N3O2/c1-20-12-4-2-10-6-7-16-15(13(10)8-12)18-11-3-5-14(19)17-9-11/h2,4,6-8,11H,3,5,9H2,1H3,(H,16,18)(H,17,19). The summed E-state index contributed by atoms with van der Waals surface area (Å²) in [7, 11) is 1.65. The van der Waals surface area contributed by atoms with Crippen LogP contribution in [-0.2, 0) is 4.79 Å². The number of methoxy groups -OCH3 is 1. The van der Waals surface area contributed by atoms with Crippen LogP contribution in [0.25, 0.3) is 10.8 Å². The summed E-state index contributed by atoms with van der Waals surface area (Å²) in [5, 5.41) is 8.43. The van der Waals surface area contributed by atoms with Crippen molar-refractivity contribution in [2.45, 2.75) is 18.9 Å². The highest BCUT2D eigenvalue weighted by molar-refractivity contribution is 5.93. The maximum absolute atomic E-state index is 11.2. The molecule has 1 amide bonds. The van der Waals surface area contributed by atoms with E-state index in [1.54, 1.807) is 13.3 Å². The number of aromatic nitrogens is 1. The average Bonchev–Trinajstić information content (AvgIpc) is 2.49. The topological polar surface area (TPSA) is 63.2 Å². The van der Waals surface area contributed by atoms with E-state index in [0.717, 1.165) is 28.8 Å². The lowest BCUT2D eigenvalue weighted by atomic mass is 10.1. The molecule has 2 heterocycles. The number of nitrogens with zero attached hydrogens (tertiary/aromatic N) is 1. The molecule has 0 radical (unpaired) electrons. The highest BCUT2D eigenvalue weighted by atomic mass is 16.5. The van der Waals surface area contributed by atoms with Crippen LogP contribution in [0, 0.1) is 0 Å². The molecule has 0 aliphatic carbocycles. The van der Waals surface area contributed by atoms with Gasteiger partial charge in [0.15, 0.2) is 0 Å². The van der Waals surface area contributed by atoms with Gasteiger partial charge in [-0.2, -0.15) is 0 Å². The minimum absolute atomic E-state index is 0.121. The molecule has 0 spiro atoms. The zero-order valence-corrected chi connectivity index (χ0v) is 11.3. The third kappa shape index (κ3) is 2.52. The van der Waals surface area contributed by atoms with Crippen LogP contribution in [-0.4, -0.2) is 30.6 Å². The SMILES string of the molecule is COc1ccc2ccnc(NC3CCC(=O)NC3)c2c1. The van der Waals surface area contributed by atoms with Crippen LogP contribution in [0.5, 0.6) is 5.75 Å².